The van der Waals surface area contributed by atoms with Crippen molar-refractivity contribution in [3.05, 3.63) is 83.1 Å². The third kappa shape index (κ3) is 3.68. The summed E-state index contributed by atoms with van der Waals surface area (Å²) in [5.74, 6) is -0.286. The Labute approximate surface area is 191 Å². The first kappa shape index (κ1) is 20.1. The minimum absolute atomic E-state index is 0.0422. The number of anilines is 1. The van der Waals surface area contributed by atoms with Crippen molar-refractivity contribution >= 4 is 62.8 Å². The Morgan fingerprint density at radius 1 is 1.16 bits per heavy atom. The fourth-order valence-corrected chi connectivity index (χ4v) is 4.53. The molecule has 32 heavy (non-hydrogen) atoms. The molecule has 1 aliphatic rings. The molecule has 0 spiro atoms. The third-order valence-electron chi connectivity index (χ3n) is 4.92. The smallest absolute Gasteiger partial charge is 0.337 e. The molecule has 2 aromatic heterocycles. The predicted octanol–water partition coefficient (Wildman–Crippen LogP) is 5.35. The Hall–Kier alpha value is -3.82. The van der Waals surface area contributed by atoms with Crippen molar-refractivity contribution < 1.29 is 19.1 Å². The van der Waals surface area contributed by atoms with Gasteiger partial charge in [0.2, 0.25) is 0 Å². The van der Waals surface area contributed by atoms with Crippen molar-refractivity contribution in [1.29, 1.82) is 0 Å². The number of aromatic amines is 1. The Morgan fingerprint density at radius 3 is 2.84 bits per heavy atom. The maximum absolute atomic E-state index is 12.9. The van der Waals surface area contributed by atoms with Crippen LogP contribution in [0.5, 0.6) is 0 Å². The van der Waals surface area contributed by atoms with Crippen LogP contribution in [0.25, 0.3) is 28.3 Å². The molecule has 158 valence electrons. The summed E-state index contributed by atoms with van der Waals surface area (Å²) in [4.78, 5) is 27.9. The Balaban J connectivity index is 1.38. The summed E-state index contributed by atoms with van der Waals surface area (Å²) in [5.41, 5.74) is 5.11. The van der Waals surface area contributed by atoms with E-state index in [0.717, 1.165) is 33.2 Å². The van der Waals surface area contributed by atoms with Crippen LogP contribution in [-0.4, -0.2) is 31.3 Å². The highest BCUT2D eigenvalue weighted by Crippen LogP contribution is 2.34. The standard InChI is InChI=1S/C23H15N3O4S2/c27-21-20(32-23(31)26(21)25-18-4-2-1-3-16(18)22(28)29)12-15-6-8-19(30-15)14-5-7-17-13(11-14)9-10-24-17/h1-12,24-25H,(H,28,29)/b20-12+. The molecule has 3 heterocycles. The number of amides is 1. The number of furan rings is 1. The topological polar surface area (TPSA) is 98.6 Å². The Morgan fingerprint density at radius 2 is 2.00 bits per heavy atom. The lowest BCUT2D eigenvalue weighted by molar-refractivity contribution is -0.121. The van der Waals surface area contributed by atoms with Crippen LogP contribution in [0.4, 0.5) is 5.69 Å². The summed E-state index contributed by atoms with van der Waals surface area (Å²) in [5, 5.41) is 11.6. The van der Waals surface area contributed by atoms with E-state index in [1.54, 1.807) is 30.3 Å². The highest BCUT2D eigenvalue weighted by atomic mass is 32.2. The molecule has 0 bridgehead atoms. The summed E-state index contributed by atoms with van der Waals surface area (Å²) in [7, 11) is 0. The number of carbonyl (C=O) groups is 2. The van der Waals surface area contributed by atoms with E-state index in [0.29, 0.717) is 16.4 Å². The van der Waals surface area contributed by atoms with Crippen LogP contribution in [-0.2, 0) is 4.79 Å². The second-order valence-corrected chi connectivity index (χ2v) is 8.64. The number of thioether (sulfide) groups is 1. The molecule has 4 aromatic rings. The first-order valence-corrected chi connectivity index (χ1v) is 10.8. The zero-order valence-corrected chi connectivity index (χ0v) is 18.0. The highest BCUT2D eigenvalue weighted by Gasteiger charge is 2.33. The van der Waals surface area contributed by atoms with Crippen LogP contribution < -0.4 is 5.43 Å². The van der Waals surface area contributed by atoms with Gasteiger partial charge in [-0.05, 0) is 60.7 Å². The largest absolute Gasteiger partial charge is 0.478 e. The normalized spacial score (nSPS) is 15.1. The predicted molar refractivity (Wildman–Crippen MR) is 128 cm³/mol. The number of carbonyl (C=O) groups excluding carboxylic acids is 1. The van der Waals surface area contributed by atoms with E-state index in [9.17, 15) is 14.7 Å². The lowest BCUT2D eigenvalue weighted by Gasteiger charge is -2.18. The molecule has 1 amide bonds. The second-order valence-electron chi connectivity index (χ2n) is 6.96. The van der Waals surface area contributed by atoms with Crippen molar-refractivity contribution in [2.75, 3.05) is 5.43 Å². The highest BCUT2D eigenvalue weighted by molar-refractivity contribution is 8.26. The van der Waals surface area contributed by atoms with Crippen LogP contribution in [0.15, 0.2) is 76.2 Å². The van der Waals surface area contributed by atoms with Gasteiger partial charge in [-0.15, -0.1) is 0 Å². The molecule has 9 heteroatoms. The number of aromatic carboxylic acids is 1. The van der Waals surface area contributed by atoms with Gasteiger partial charge in [0.05, 0.1) is 16.2 Å². The van der Waals surface area contributed by atoms with Crippen molar-refractivity contribution in [1.82, 2.24) is 9.99 Å². The Kier molecular flexibility index (Phi) is 5.04. The van der Waals surface area contributed by atoms with Crippen LogP contribution in [0, 0.1) is 0 Å². The van der Waals surface area contributed by atoms with Gasteiger partial charge in [0.15, 0.2) is 4.32 Å². The van der Waals surface area contributed by atoms with Crippen LogP contribution in [0.2, 0.25) is 0 Å². The second kappa shape index (κ2) is 8.03. The molecule has 0 radical (unpaired) electrons. The SMILES string of the molecule is O=C(O)c1ccccc1NN1C(=O)/C(=C\c2ccc(-c3ccc4[nH]ccc4c3)o2)SC1=S. The minimum atomic E-state index is -1.10. The molecule has 1 aliphatic heterocycles. The number of H-pyrrole nitrogens is 1. The lowest BCUT2D eigenvalue weighted by Crippen LogP contribution is -2.34. The van der Waals surface area contributed by atoms with Gasteiger partial charge in [-0.1, -0.05) is 23.9 Å². The fourth-order valence-electron chi connectivity index (χ4n) is 3.37. The summed E-state index contributed by atoms with van der Waals surface area (Å²) >= 11 is 6.43. The van der Waals surface area contributed by atoms with E-state index in [1.807, 2.05) is 36.5 Å². The molecule has 7 nitrogen and oxygen atoms in total. The number of benzene rings is 2. The number of carboxylic acid groups (broad SMARTS) is 1. The minimum Gasteiger partial charge on any atom is -0.478 e. The Bertz CT molecular complexity index is 1420. The van der Waals surface area contributed by atoms with Crippen LogP contribution in [0.1, 0.15) is 16.1 Å². The van der Waals surface area contributed by atoms with Gasteiger partial charge in [0.25, 0.3) is 5.91 Å². The van der Waals surface area contributed by atoms with Gasteiger partial charge < -0.3 is 14.5 Å². The van der Waals surface area contributed by atoms with Crippen molar-refractivity contribution in [2.24, 2.45) is 0 Å². The number of nitrogens with one attached hydrogen (secondary N) is 2. The van der Waals surface area contributed by atoms with Gasteiger partial charge in [0.1, 0.15) is 11.5 Å². The van der Waals surface area contributed by atoms with E-state index in [1.165, 1.54) is 6.07 Å². The maximum atomic E-state index is 12.9. The lowest BCUT2D eigenvalue weighted by atomic mass is 10.1. The number of hydrogen-bond donors (Lipinski definition) is 3. The number of rotatable bonds is 5. The molecule has 0 atom stereocenters. The van der Waals surface area contributed by atoms with Gasteiger partial charge in [0, 0.05) is 28.7 Å². The monoisotopic (exact) mass is 461 g/mol. The average molecular weight is 462 g/mol. The van der Waals surface area contributed by atoms with Gasteiger partial charge in [-0.2, -0.15) is 0 Å². The first-order valence-electron chi connectivity index (χ1n) is 9.54. The molecule has 3 N–H and O–H groups in total. The number of fused-ring (bicyclic) bond motifs is 1. The summed E-state index contributed by atoms with van der Waals surface area (Å²) < 4.78 is 6.20. The third-order valence-corrected chi connectivity index (χ3v) is 6.22. The number of hydrogen-bond acceptors (Lipinski definition) is 6. The van der Waals surface area contributed by atoms with E-state index in [2.05, 4.69) is 10.4 Å². The molecule has 1 saturated heterocycles. The van der Waals surface area contributed by atoms with E-state index in [4.69, 9.17) is 16.6 Å². The summed E-state index contributed by atoms with van der Waals surface area (Å²) in [6, 6.07) is 17.9. The molecule has 0 unspecified atom stereocenters. The average Bonchev–Trinajstić information content (AvgIpc) is 3.50. The van der Waals surface area contributed by atoms with Gasteiger partial charge in [-0.3, -0.25) is 10.2 Å². The number of thiocarbonyl (C=S) groups is 1. The van der Waals surface area contributed by atoms with E-state index < -0.39 is 5.97 Å². The van der Waals surface area contributed by atoms with Gasteiger partial charge >= 0.3 is 5.97 Å². The van der Waals surface area contributed by atoms with E-state index in [-0.39, 0.29) is 21.5 Å². The molecule has 2 aromatic carbocycles. The summed E-state index contributed by atoms with van der Waals surface area (Å²) in [6.45, 7) is 0. The molecular formula is C23H15N3O4S2. The number of hydrazine groups is 1. The van der Waals surface area contributed by atoms with E-state index >= 15 is 0 Å². The quantitative estimate of drug-likeness (QED) is 0.272. The number of nitrogens with zero attached hydrogens (tertiary/aromatic N) is 1. The maximum Gasteiger partial charge on any atom is 0.337 e. The van der Waals surface area contributed by atoms with Crippen molar-refractivity contribution in [3.63, 3.8) is 0 Å². The fraction of sp³-hybridized carbons (Fsp3) is 0. The zero-order chi connectivity index (χ0) is 22.2. The van der Waals surface area contributed by atoms with Crippen molar-refractivity contribution in [2.45, 2.75) is 0 Å². The zero-order valence-electron chi connectivity index (χ0n) is 16.4. The molecule has 0 aliphatic carbocycles. The number of para-hydroxylation sites is 1. The van der Waals surface area contributed by atoms with Crippen molar-refractivity contribution in [3.8, 4) is 11.3 Å². The first-order chi connectivity index (χ1) is 15.5. The molecule has 1 fully saturated rings. The summed E-state index contributed by atoms with van der Waals surface area (Å²) in [6.07, 6.45) is 3.51. The number of carboxylic acids is 1. The molecule has 5 rings (SSSR count). The molecule has 0 saturated carbocycles. The van der Waals surface area contributed by atoms with Gasteiger partial charge in [-0.25, -0.2) is 9.80 Å². The molecular weight excluding hydrogens is 446 g/mol. The number of aromatic nitrogens is 1. The van der Waals surface area contributed by atoms with Crippen LogP contribution in [0.3, 0.4) is 0 Å². The van der Waals surface area contributed by atoms with Crippen LogP contribution >= 0.6 is 24.0 Å².